The quantitative estimate of drug-likeness (QED) is 0.495. The van der Waals surface area contributed by atoms with E-state index in [1.54, 1.807) is 38.1 Å². The van der Waals surface area contributed by atoms with E-state index in [-0.39, 0.29) is 35.1 Å². The fourth-order valence-electron chi connectivity index (χ4n) is 2.64. The highest BCUT2D eigenvalue weighted by Gasteiger charge is 2.20. The number of carbonyl (C=O) groups is 2. The molecule has 0 heterocycles. The smallest absolute Gasteiger partial charge is 0.319 e. The average molecular weight is 451 g/mol. The monoisotopic (exact) mass is 450 g/mol. The second-order valence-electron chi connectivity index (χ2n) is 7.55. The number of anilines is 1. The molecule has 8 nitrogen and oxygen atoms in total. The molecule has 0 spiro atoms. The van der Waals surface area contributed by atoms with E-state index in [0.29, 0.717) is 11.3 Å². The second kappa shape index (κ2) is 10.4. The Kier molecular flexibility index (Phi) is 8.12. The Hall–Kier alpha value is -2.98. The van der Waals surface area contributed by atoms with E-state index in [4.69, 9.17) is 0 Å². The third-order valence-corrected chi connectivity index (χ3v) is 5.62. The van der Waals surface area contributed by atoms with Gasteiger partial charge in [0.2, 0.25) is 10.0 Å². The van der Waals surface area contributed by atoms with Crippen molar-refractivity contribution < 1.29 is 22.4 Å². The van der Waals surface area contributed by atoms with Crippen molar-refractivity contribution in [2.24, 2.45) is 0 Å². The van der Waals surface area contributed by atoms with Crippen molar-refractivity contribution in [2.45, 2.75) is 51.2 Å². The highest BCUT2D eigenvalue weighted by Crippen LogP contribution is 2.16. The Bertz CT molecular complexity index is 1040. The summed E-state index contributed by atoms with van der Waals surface area (Å²) in [4.78, 5) is 23.9. The first kappa shape index (κ1) is 24.3. The summed E-state index contributed by atoms with van der Waals surface area (Å²) in [6.07, 6.45) is 0. The fourth-order valence-corrected chi connectivity index (χ4v) is 3.91. The van der Waals surface area contributed by atoms with Crippen LogP contribution in [0.5, 0.6) is 0 Å². The molecule has 4 N–H and O–H groups in total. The van der Waals surface area contributed by atoms with Gasteiger partial charge in [-0.1, -0.05) is 12.1 Å². The topological polar surface area (TPSA) is 116 Å². The minimum Gasteiger partial charge on any atom is -0.348 e. The maximum absolute atomic E-state index is 14.1. The molecule has 10 heteroatoms. The normalized spacial score (nSPS) is 11.5. The van der Waals surface area contributed by atoms with E-state index < -0.39 is 21.7 Å². The molecule has 0 unspecified atom stereocenters. The van der Waals surface area contributed by atoms with Gasteiger partial charge >= 0.3 is 6.03 Å². The van der Waals surface area contributed by atoms with Crippen LogP contribution in [0.3, 0.4) is 0 Å². The molecule has 0 radical (unpaired) electrons. The predicted octanol–water partition coefficient (Wildman–Crippen LogP) is 2.97. The van der Waals surface area contributed by atoms with Crippen LogP contribution in [0.4, 0.5) is 14.9 Å². The van der Waals surface area contributed by atoms with Gasteiger partial charge in [0, 0.05) is 24.3 Å². The highest BCUT2D eigenvalue weighted by molar-refractivity contribution is 7.89. The van der Waals surface area contributed by atoms with Gasteiger partial charge in [-0.05, 0) is 63.6 Å². The molecular weight excluding hydrogens is 423 g/mol. The molecule has 0 aliphatic rings. The summed E-state index contributed by atoms with van der Waals surface area (Å²) in [6, 6.07) is 9.16. The molecule has 2 rings (SSSR count). The van der Waals surface area contributed by atoms with E-state index in [1.165, 1.54) is 0 Å². The first-order valence-corrected chi connectivity index (χ1v) is 11.2. The number of benzene rings is 2. The molecule has 31 heavy (non-hydrogen) atoms. The molecule has 0 aliphatic heterocycles. The predicted molar refractivity (Wildman–Crippen MR) is 117 cm³/mol. The number of halogens is 1. The highest BCUT2D eigenvalue weighted by atomic mass is 32.2. The molecular formula is C21H27FN4O4S. The van der Waals surface area contributed by atoms with Crippen LogP contribution in [-0.4, -0.2) is 32.4 Å². The van der Waals surface area contributed by atoms with Gasteiger partial charge in [-0.2, -0.15) is 0 Å². The zero-order valence-electron chi connectivity index (χ0n) is 17.8. The molecule has 0 aliphatic carbocycles. The van der Waals surface area contributed by atoms with Gasteiger partial charge in [-0.3, -0.25) is 4.79 Å². The summed E-state index contributed by atoms with van der Waals surface area (Å²) in [5, 5.41) is 7.96. The van der Waals surface area contributed by atoms with Crippen LogP contribution in [0.25, 0.3) is 0 Å². The minimum atomic E-state index is -3.86. The largest absolute Gasteiger partial charge is 0.348 e. The van der Waals surface area contributed by atoms with E-state index in [1.807, 2.05) is 13.8 Å². The van der Waals surface area contributed by atoms with Crippen molar-refractivity contribution in [1.29, 1.82) is 0 Å². The molecule has 0 bridgehead atoms. The summed E-state index contributed by atoms with van der Waals surface area (Å²) in [6.45, 7) is 7.11. The maximum atomic E-state index is 14.1. The Labute approximate surface area is 181 Å². The molecule has 0 saturated carbocycles. The van der Waals surface area contributed by atoms with Crippen LogP contribution >= 0.6 is 0 Å². The van der Waals surface area contributed by atoms with Gasteiger partial charge in [0.05, 0.1) is 10.5 Å². The summed E-state index contributed by atoms with van der Waals surface area (Å²) >= 11 is 0. The van der Waals surface area contributed by atoms with Crippen LogP contribution in [0.2, 0.25) is 0 Å². The first-order chi connectivity index (χ1) is 14.5. The lowest BCUT2D eigenvalue weighted by atomic mass is 10.1. The first-order valence-electron chi connectivity index (χ1n) is 9.74. The SMILES string of the molecule is CC(C)NC(=O)Nc1ccc(CNC(=O)c2cc(S(=O)(=O)NC(C)C)ccc2F)cc1. The molecule has 0 aromatic heterocycles. The van der Waals surface area contributed by atoms with Crippen molar-refractivity contribution in [1.82, 2.24) is 15.4 Å². The third-order valence-electron chi connectivity index (χ3n) is 3.97. The summed E-state index contributed by atoms with van der Waals surface area (Å²) in [5.74, 6) is -1.56. The van der Waals surface area contributed by atoms with Crippen LogP contribution in [-0.2, 0) is 16.6 Å². The Morgan fingerprint density at radius 2 is 1.61 bits per heavy atom. The summed E-state index contributed by atoms with van der Waals surface area (Å²) in [5.41, 5.74) is 0.930. The van der Waals surface area contributed by atoms with Crippen molar-refractivity contribution in [2.75, 3.05) is 5.32 Å². The molecule has 0 atom stereocenters. The zero-order valence-corrected chi connectivity index (χ0v) is 18.6. The van der Waals surface area contributed by atoms with E-state index in [0.717, 1.165) is 18.2 Å². The molecule has 2 aromatic rings. The summed E-state index contributed by atoms with van der Waals surface area (Å²) in [7, 11) is -3.86. The maximum Gasteiger partial charge on any atom is 0.319 e. The van der Waals surface area contributed by atoms with Gasteiger partial charge in [-0.15, -0.1) is 0 Å². The second-order valence-corrected chi connectivity index (χ2v) is 9.26. The van der Waals surface area contributed by atoms with Crippen LogP contribution in [0.1, 0.15) is 43.6 Å². The van der Waals surface area contributed by atoms with Crippen molar-refractivity contribution >= 4 is 27.6 Å². The van der Waals surface area contributed by atoms with E-state index in [2.05, 4.69) is 20.7 Å². The Morgan fingerprint density at radius 3 is 2.19 bits per heavy atom. The number of hydrogen-bond acceptors (Lipinski definition) is 4. The Morgan fingerprint density at radius 1 is 0.968 bits per heavy atom. The lowest BCUT2D eigenvalue weighted by molar-refractivity contribution is 0.0946. The van der Waals surface area contributed by atoms with Crippen molar-refractivity contribution in [3.05, 3.63) is 59.4 Å². The third kappa shape index (κ3) is 7.34. The van der Waals surface area contributed by atoms with Crippen molar-refractivity contribution in [3.8, 4) is 0 Å². The van der Waals surface area contributed by atoms with E-state index >= 15 is 0 Å². The number of carbonyl (C=O) groups excluding carboxylic acids is 2. The van der Waals surface area contributed by atoms with Gasteiger partial charge in [0.15, 0.2) is 0 Å². The number of hydrogen-bond donors (Lipinski definition) is 4. The number of urea groups is 1. The van der Waals surface area contributed by atoms with Gasteiger partial charge in [0.25, 0.3) is 5.91 Å². The standard InChI is InChI=1S/C21H27FN4O4S/c1-13(2)24-21(28)25-16-7-5-15(6-8-16)12-23-20(27)18-11-17(9-10-19(18)22)31(29,30)26-14(3)4/h5-11,13-14,26H,12H2,1-4H3,(H,23,27)(H2,24,25,28). The molecule has 3 amide bonds. The molecule has 2 aromatic carbocycles. The zero-order chi connectivity index (χ0) is 23.2. The fraction of sp³-hybridized carbons (Fsp3) is 0.333. The van der Waals surface area contributed by atoms with E-state index in [9.17, 15) is 22.4 Å². The van der Waals surface area contributed by atoms with Crippen LogP contribution in [0, 0.1) is 5.82 Å². The lowest BCUT2D eigenvalue weighted by Crippen LogP contribution is -2.34. The van der Waals surface area contributed by atoms with Gasteiger partial charge in [0.1, 0.15) is 5.82 Å². The van der Waals surface area contributed by atoms with Gasteiger partial charge < -0.3 is 16.0 Å². The minimum absolute atomic E-state index is 0.00419. The summed E-state index contributed by atoms with van der Waals surface area (Å²) < 4.78 is 41.1. The number of rotatable bonds is 8. The van der Waals surface area contributed by atoms with Crippen molar-refractivity contribution in [3.63, 3.8) is 0 Å². The van der Waals surface area contributed by atoms with Crippen LogP contribution < -0.4 is 20.7 Å². The number of amides is 3. The lowest BCUT2D eigenvalue weighted by Gasteiger charge is -2.12. The van der Waals surface area contributed by atoms with Gasteiger partial charge in [-0.25, -0.2) is 22.3 Å². The Balaban J connectivity index is 2.04. The molecule has 0 saturated heterocycles. The number of sulfonamides is 1. The van der Waals surface area contributed by atoms with Crippen LogP contribution in [0.15, 0.2) is 47.4 Å². The average Bonchev–Trinajstić information content (AvgIpc) is 2.65. The number of nitrogens with one attached hydrogen (secondary N) is 4. The molecule has 0 fully saturated rings. The molecule has 168 valence electrons.